The smallest absolute Gasteiger partial charge is 0.338 e. The van der Waals surface area contributed by atoms with Crippen LogP contribution in [0, 0.1) is 12.8 Å². The lowest BCUT2D eigenvalue weighted by Gasteiger charge is -2.22. The van der Waals surface area contributed by atoms with E-state index in [0.29, 0.717) is 11.1 Å². The molecule has 0 saturated carbocycles. The van der Waals surface area contributed by atoms with Crippen molar-refractivity contribution in [2.75, 3.05) is 6.61 Å². The highest BCUT2D eigenvalue weighted by atomic mass is 16.6. The number of aromatic amines is 1. The number of hydrogen-bond donors (Lipinski definition) is 1. The third kappa shape index (κ3) is 4.45. The number of benzene rings is 1. The van der Waals surface area contributed by atoms with E-state index in [-0.39, 0.29) is 12.5 Å². The molecular weight excluding hydrogens is 380 g/mol. The van der Waals surface area contributed by atoms with Crippen LogP contribution in [0.4, 0.5) is 0 Å². The first-order valence-corrected chi connectivity index (χ1v) is 9.15. The largest absolute Gasteiger partial charge is 0.459 e. The molecule has 4 atom stereocenters. The first-order valence-electron chi connectivity index (χ1n) is 9.15. The monoisotopic (exact) mass is 402 g/mol. The molecule has 1 fully saturated rings. The van der Waals surface area contributed by atoms with Crippen LogP contribution in [0.2, 0.25) is 0 Å². The van der Waals surface area contributed by atoms with Gasteiger partial charge in [0.15, 0.2) is 12.3 Å². The summed E-state index contributed by atoms with van der Waals surface area (Å²) in [5.74, 6) is -1.41. The van der Waals surface area contributed by atoms with Gasteiger partial charge >= 0.3 is 17.6 Å². The Hall–Kier alpha value is -3.20. The first-order chi connectivity index (χ1) is 13.8. The van der Waals surface area contributed by atoms with Crippen molar-refractivity contribution in [3.8, 4) is 0 Å². The van der Waals surface area contributed by atoms with Gasteiger partial charge in [-0.1, -0.05) is 25.1 Å². The van der Waals surface area contributed by atoms with Crippen LogP contribution in [0.3, 0.4) is 0 Å². The number of rotatable bonds is 5. The van der Waals surface area contributed by atoms with Crippen molar-refractivity contribution >= 4 is 11.9 Å². The summed E-state index contributed by atoms with van der Waals surface area (Å²) in [7, 11) is 0. The Labute approximate surface area is 166 Å². The lowest BCUT2D eigenvalue weighted by atomic mass is 10.0. The van der Waals surface area contributed by atoms with Crippen LogP contribution in [-0.2, 0) is 19.0 Å². The Morgan fingerprint density at radius 2 is 1.90 bits per heavy atom. The fraction of sp³-hybridized carbons (Fsp3) is 0.400. The number of carbonyl (C=O) groups is 2. The fourth-order valence-corrected chi connectivity index (χ4v) is 3.21. The topological polar surface area (TPSA) is 117 Å². The van der Waals surface area contributed by atoms with Gasteiger partial charge in [-0.25, -0.2) is 9.59 Å². The van der Waals surface area contributed by atoms with Crippen molar-refractivity contribution in [2.45, 2.75) is 39.2 Å². The summed E-state index contributed by atoms with van der Waals surface area (Å²) < 4.78 is 17.8. The van der Waals surface area contributed by atoms with E-state index in [1.54, 1.807) is 44.2 Å². The van der Waals surface area contributed by atoms with Gasteiger partial charge in [0.2, 0.25) is 0 Å². The van der Waals surface area contributed by atoms with Crippen molar-refractivity contribution < 1.29 is 23.8 Å². The average Bonchev–Trinajstić information content (AvgIpc) is 2.98. The van der Waals surface area contributed by atoms with E-state index >= 15 is 0 Å². The third-order valence-electron chi connectivity index (χ3n) is 4.81. The molecule has 0 amide bonds. The lowest BCUT2D eigenvalue weighted by Crippen LogP contribution is -2.38. The summed E-state index contributed by atoms with van der Waals surface area (Å²) in [6, 6.07) is 8.51. The maximum atomic E-state index is 12.3. The van der Waals surface area contributed by atoms with Crippen LogP contribution in [0.5, 0.6) is 0 Å². The van der Waals surface area contributed by atoms with Crippen LogP contribution < -0.4 is 11.2 Å². The third-order valence-corrected chi connectivity index (χ3v) is 4.81. The Kier molecular flexibility index (Phi) is 5.97. The molecule has 0 spiro atoms. The molecule has 2 aromatic rings. The summed E-state index contributed by atoms with van der Waals surface area (Å²) >= 11 is 0. The standard InChI is InChI=1S/C20H22N2O7/c1-11-9-22(20(26)21-17(11)24)18-16(28-13(3)23)12(2)15(29-18)10-27-19(25)14-7-5-4-6-8-14/h4-9,12,15-16,18H,10H2,1-3H3,(H,21,24,26)/t12-,15-,16-,18-/m1/s1. The Balaban J connectivity index is 1.81. The number of aryl methyl sites for hydroxylation is 1. The zero-order chi connectivity index (χ0) is 21.1. The van der Waals surface area contributed by atoms with E-state index in [0.717, 1.165) is 0 Å². The number of nitrogens with one attached hydrogen (secondary N) is 1. The predicted molar refractivity (Wildman–Crippen MR) is 101 cm³/mol. The fourth-order valence-electron chi connectivity index (χ4n) is 3.21. The van der Waals surface area contributed by atoms with Crippen LogP contribution in [0.15, 0.2) is 46.1 Å². The zero-order valence-corrected chi connectivity index (χ0v) is 16.3. The highest BCUT2D eigenvalue weighted by molar-refractivity contribution is 5.89. The molecule has 2 heterocycles. The second-order valence-electron chi connectivity index (χ2n) is 6.94. The summed E-state index contributed by atoms with van der Waals surface area (Å²) in [6.07, 6.45) is -1.02. The highest BCUT2D eigenvalue weighted by Gasteiger charge is 2.46. The van der Waals surface area contributed by atoms with Crippen molar-refractivity contribution in [2.24, 2.45) is 5.92 Å². The van der Waals surface area contributed by atoms with Gasteiger partial charge in [-0.2, -0.15) is 0 Å². The van der Waals surface area contributed by atoms with Gasteiger partial charge < -0.3 is 14.2 Å². The summed E-state index contributed by atoms with van der Waals surface area (Å²) in [5.41, 5.74) is -0.480. The quantitative estimate of drug-likeness (QED) is 0.746. The van der Waals surface area contributed by atoms with E-state index in [9.17, 15) is 19.2 Å². The molecule has 1 N–H and O–H groups in total. The minimum atomic E-state index is -0.961. The molecule has 3 rings (SSSR count). The molecule has 1 aliphatic heterocycles. The number of carbonyl (C=O) groups excluding carboxylic acids is 2. The molecule has 0 bridgehead atoms. The van der Waals surface area contributed by atoms with Gasteiger partial charge in [-0.3, -0.25) is 19.1 Å². The molecule has 1 aliphatic rings. The number of hydrogen-bond acceptors (Lipinski definition) is 7. The summed E-state index contributed by atoms with van der Waals surface area (Å²) in [6.45, 7) is 4.50. The normalized spacial score (nSPS) is 23.6. The molecule has 0 aliphatic carbocycles. The molecular formula is C20H22N2O7. The molecule has 0 radical (unpaired) electrons. The van der Waals surface area contributed by atoms with Crippen molar-refractivity contribution in [1.29, 1.82) is 0 Å². The number of aromatic nitrogens is 2. The van der Waals surface area contributed by atoms with Crippen LogP contribution >= 0.6 is 0 Å². The SMILES string of the molecule is CC(=O)O[C@@H]1[C@H](C)[C@@H](COC(=O)c2ccccc2)O[C@H]1n1cc(C)c(=O)[nH]c1=O. The minimum Gasteiger partial charge on any atom is -0.459 e. The maximum Gasteiger partial charge on any atom is 0.338 e. The number of nitrogens with zero attached hydrogens (tertiary/aromatic N) is 1. The Morgan fingerprint density at radius 1 is 1.21 bits per heavy atom. The number of esters is 2. The second-order valence-corrected chi connectivity index (χ2v) is 6.94. The molecule has 154 valence electrons. The van der Waals surface area contributed by atoms with Crippen LogP contribution in [-0.4, -0.2) is 40.3 Å². The molecule has 1 aromatic heterocycles. The molecule has 1 aromatic carbocycles. The van der Waals surface area contributed by atoms with E-state index in [1.807, 2.05) is 0 Å². The van der Waals surface area contributed by atoms with Gasteiger partial charge in [0.25, 0.3) is 5.56 Å². The average molecular weight is 402 g/mol. The van der Waals surface area contributed by atoms with Crippen LogP contribution in [0.1, 0.15) is 36.0 Å². The van der Waals surface area contributed by atoms with Gasteiger partial charge in [0.1, 0.15) is 12.7 Å². The van der Waals surface area contributed by atoms with E-state index in [1.165, 1.54) is 17.7 Å². The van der Waals surface area contributed by atoms with Crippen LogP contribution in [0.25, 0.3) is 0 Å². The molecule has 1 saturated heterocycles. The van der Waals surface area contributed by atoms with Crippen molar-refractivity contribution in [3.05, 3.63) is 68.5 Å². The van der Waals surface area contributed by atoms with Gasteiger partial charge in [0, 0.05) is 24.6 Å². The van der Waals surface area contributed by atoms with E-state index < -0.39 is 41.6 Å². The van der Waals surface area contributed by atoms with E-state index in [2.05, 4.69) is 4.98 Å². The zero-order valence-electron chi connectivity index (χ0n) is 16.3. The molecule has 9 nitrogen and oxygen atoms in total. The summed E-state index contributed by atoms with van der Waals surface area (Å²) in [5, 5.41) is 0. The van der Waals surface area contributed by atoms with Crippen molar-refractivity contribution in [1.82, 2.24) is 9.55 Å². The molecule has 0 unspecified atom stereocenters. The maximum absolute atomic E-state index is 12.3. The molecule has 29 heavy (non-hydrogen) atoms. The number of ether oxygens (including phenoxy) is 3. The minimum absolute atomic E-state index is 0.0831. The van der Waals surface area contributed by atoms with Gasteiger partial charge in [-0.15, -0.1) is 0 Å². The van der Waals surface area contributed by atoms with Gasteiger partial charge in [0.05, 0.1) is 5.56 Å². The Bertz CT molecular complexity index is 1010. The predicted octanol–water partition coefficient (Wildman–Crippen LogP) is 1.17. The number of H-pyrrole nitrogens is 1. The Morgan fingerprint density at radius 3 is 2.55 bits per heavy atom. The molecule has 9 heteroatoms. The van der Waals surface area contributed by atoms with E-state index in [4.69, 9.17) is 14.2 Å². The second kappa shape index (κ2) is 8.44. The van der Waals surface area contributed by atoms with Gasteiger partial charge in [-0.05, 0) is 19.1 Å². The van der Waals surface area contributed by atoms with Crippen molar-refractivity contribution in [3.63, 3.8) is 0 Å². The first kappa shape index (κ1) is 20.5. The highest BCUT2D eigenvalue weighted by Crippen LogP contribution is 2.35. The lowest BCUT2D eigenvalue weighted by molar-refractivity contribution is -0.153. The summed E-state index contributed by atoms with van der Waals surface area (Å²) in [4.78, 5) is 49.9.